The minimum absolute atomic E-state index is 0.110. The molecule has 0 rings (SSSR count). The van der Waals surface area contributed by atoms with Crippen molar-refractivity contribution in [2.45, 2.75) is 25.6 Å². The Kier molecular flexibility index (Phi) is 7.21. The highest BCUT2D eigenvalue weighted by Gasteiger charge is 2.16. The van der Waals surface area contributed by atoms with Gasteiger partial charge in [-0.05, 0) is 12.5 Å². The van der Waals surface area contributed by atoms with Crippen LogP contribution in [0.3, 0.4) is 0 Å². The smallest absolute Gasteiger partial charge is 0.252 e. The van der Waals surface area contributed by atoms with Gasteiger partial charge in [0.1, 0.15) is 5.38 Å². The number of hydrogen-bond acceptors (Lipinski definition) is 3. The van der Waals surface area contributed by atoms with E-state index in [1.807, 2.05) is 0 Å². The number of carbonyl (C=O) groups is 3. The van der Waals surface area contributed by atoms with Gasteiger partial charge in [-0.15, -0.1) is 11.6 Å². The summed E-state index contributed by atoms with van der Waals surface area (Å²) in [7, 11) is 0. The van der Waals surface area contributed by atoms with Gasteiger partial charge in [0.25, 0.3) is 5.91 Å². The average Bonchev–Trinajstić information content (AvgIpc) is 2.31. The van der Waals surface area contributed by atoms with Crippen molar-refractivity contribution in [3.8, 4) is 0 Å². The maximum Gasteiger partial charge on any atom is 0.252 e. The molecule has 3 amide bonds. The Morgan fingerprint density at radius 1 is 1.47 bits per heavy atom. The fraction of sp³-hybridized carbons (Fsp3) is 0.545. The number of carbonyl (C=O) groups excluding carboxylic acids is 3. The first-order chi connectivity index (χ1) is 7.93. The first-order valence-corrected chi connectivity index (χ1v) is 5.73. The number of hydrogen-bond donors (Lipinski definition) is 1. The largest absolute Gasteiger partial charge is 0.353 e. The molecule has 0 aliphatic heterocycles. The Morgan fingerprint density at radius 3 is 2.47 bits per heavy atom. The molecular formula is C11H17ClN2O3. The third kappa shape index (κ3) is 5.49. The van der Waals surface area contributed by atoms with E-state index < -0.39 is 11.3 Å². The number of rotatable bonds is 6. The fourth-order valence-electron chi connectivity index (χ4n) is 1.12. The van der Waals surface area contributed by atoms with Crippen LogP contribution < -0.4 is 5.32 Å². The molecule has 0 bridgehead atoms. The molecule has 0 heterocycles. The standard InChI is InChI=1S/C11H17ClN2O3/c1-4-9(12)11(17)13-6-7-14(8(3)15)10(16)5-2/h5,9H,2,4,6-7H2,1,3H3,(H,13,17). The lowest BCUT2D eigenvalue weighted by atomic mass is 10.3. The molecule has 0 aromatic rings. The van der Waals surface area contributed by atoms with Crippen LogP contribution in [0.5, 0.6) is 0 Å². The Hall–Kier alpha value is -1.36. The van der Waals surface area contributed by atoms with Crippen LogP contribution in [0.15, 0.2) is 12.7 Å². The van der Waals surface area contributed by atoms with E-state index in [2.05, 4.69) is 11.9 Å². The summed E-state index contributed by atoms with van der Waals surface area (Å²) in [5, 5.41) is 1.96. The van der Waals surface area contributed by atoms with Crippen molar-refractivity contribution in [3.63, 3.8) is 0 Å². The third-order valence-corrected chi connectivity index (χ3v) is 2.61. The summed E-state index contributed by atoms with van der Waals surface area (Å²) < 4.78 is 0. The summed E-state index contributed by atoms with van der Waals surface area (Å²) in [6.45, 7) is 6.66. The monoisotopic (exact) mass is 260 g/mol. The molecule has 17 heavy (non-hydrogen) atoms. The van der Waals surface area contributed by atoms with E-state index in [4.69, 9.17) is 11.6 Å². The van der Waals surface area contributed by atoms with Gasteiger partial charge < -0.3 is 5.32 Å². The molecule has 1 N–H and O–H groups in total. The molecule has 0 aliphatic rings. The second kappa shape index (κ2) is 7.84. The molecule has 96 valence electrons. The van der Waals surface area contributed by atoms with Crippen LogP contribution >= 0.6 is 11.6 Å². The maximum atomic E-state index is 11.3. The normalized spacial score (nSPS) is 11.5. The second-order valence-electron chi connectivity index (χ2n) is 3.38. The molecule has 1 atom stereocenters. The van der Waals surface area contributed by atoms with Crippen LogP contribution in [-0.4, -0.2) is 41.1 Å². The lowest BCUT2D eigenvalue weighted by molar-refractivity contribution is -0.140. The number of amides is 3. The summed E-state index contributed by atoms with van der Waals surface area (Å²) >= 11 is 5.71. The predicted molar refractivity (Wildman–Crippen MR) is 65.5 cm³/mol. The number of alkyl halides is 1. The Bertz CT molecular complexity index is 318. The van der Waals surface area contributed by atoms with Gasteiger partial charge in [-0.2, -0.15) is 0 Å². The topological polar surface area (TPSA) is 66.5 Å². The molecule has 0 aromatic heterocycles. The molecule has 1 unspecified atom stereocenters. The van der Waals surface area contributed by atoms with E-state index in [0.29, 0.717) is 6.42 Å². The van der Waals surface area contributed by atoms with Crippen molar-refractivity contribution >= 4 is 29.3 Å². The Labute approximate surface area is 106 Å². The van der Waals surface area contributed by atoms with Crippen LogP contribution in [0.4, 0.5) is 0 Å². The van der Waals surface area contributed by atoms with E-state index in [9.17, 15) is 14.4 Å². The van der Waals surface area contributed by atoms with Crippen molar-refractivity contribution in [1.29, 1.82) is 0 Å². The van der Waals surface area contributed by atoms with Crippen LogP contribution in [0.2, 0.25) is 0 Å². The quantitative estimate of drug-likeness (QED) is 0.564. The van der Waals surface area contributed by atoms with E-state index in [1.165, 1.54) is 6.92 Å². The zero-order valence-corrected chi connectivity index (χ0v) is 10.8. The van der Waals surface area contributed by atoms with Crippen molar-refractivity contribution < 1.29 is 14.4 Å². The summed E-state index contributed by atoms with van der Waals surface area (Å²) in [5.41, 5.74) is 0. The highest BCUT2D eigenvalue weighted by atomic mass is 35.5. The van der Waals surface area contributed by atoms with E-state index in [-0.39, 0.29) is 24.9 Å². The molecular weight excluding hydrogens is 244 g/mol. The molecule has 0 aromatic carbocycles. The van der Waals surface area contributed by atoms with E-state index in [1.54, 1.807) is 6.92 Å². The van der Waals surface area contributed by atoms with Crippen molar-refractivity contribution in [2.75, 3.05) is 13.1 Å². The fourth-order valence-corrected chi connectivity index (χ4v) is 1.20. The minimum Gasteiger partial charge on any atom is -0.353 e. The molecule has 0 aliphatic carbocycles. The van der Waals surface area contributed by atoms with E-state index in [0.717, 1.165) is 11.0 Å². The third-order valence-electron chi connectivity index (χ3n) is 2.10. The number of imide groups is 1. The summed E-state index contributed by atoms with van der Waals surface area (Å²) in [6.07, 6.45) is 1.58. The second-order valence-corrected chi connectivity index (χ2v) is 3.91. The summed E-state index contributed by atoms with van der Waals surface area (Å²) in [5.74, 6) is -1.17. The summed E-state index contributed by atoms with van der Waals surface area (Å²) in [4.78, 5) is 34.7. The van der Waals surface area contributed by atoms with Gasteiger partial charge in [0, 0.05) is 20.0 Å². The maximum absolute atomic E-state index is 11.3. The molecule has 0 fully saturated rings. The van der Waals surface area contributed by atoms with Crippen LogP contribution in [-0.2, 0) is 14.4 Å². The lowest BCUT2D eigenvalue weighted by Crippen LogP contribution is -2.42. The predicted octanol–water partition coefficient (Wildman–Crippen LogP) is 0.681. The number of nitrogens with zero attached hydrogens (tertiary/aromatic N) is 1. The first-order valence-electron chi connectivity index (χ1n) is 5.30. The molecule has 0 saturated carbocycles. The van der Waals surface area contributed by atoms with Gasteiger partial charge in [-0.25, -0.2) is 0 Å². The van der Waals surface area contributed by atoms with Crippen LogP contribution in [0, 0.1) is 0 Å². The van der Waals surface area contributed by atoms with Crippen LogP contribution in [0.1, 0.15) is 20.3 Å². The van der Waals surface area contributed by atoms with Crippen molar-refractivity contribution in [3.05, 3.63) is 12.7 Å². The van der Waals surface area contributed by atoms with Gasteiger partial charge in [-0.3, -0.25) is 19.3 Å². The first kappa shape index (κ1) is 15.6. The molecule has 5 nitrogen and oxygen atoms in total. The minimum atomic E-state index is -0.587. The number of nitrogens with one attached hydrogen (secondary N) is 1. The highest BCUT2D eigenvalue weighted by molar-refractivity contribution is 6.30. The molecule has 0 spiro atoms. The zero-order chi connectivity index (χ0) is 13.4. The van der Waals surface area contributed by atoms with Gasteiger partial charge in [0.05, 0.1) is 0 Å². The van der Waals surface area contributed by atoms with Gasteiger partial charge in [0.2, 0.25) is 11.8 Å². The zero-order valence-electron chi connectivity index (χ0n) is 10.0. The van der Waals surface area contributed by atoms with Gasteiger partial charge >= 0.3 is 0 Å². The Morgan fingerprint density at radius 2 is 2.06 bits per heavy atom. The molecule has 6 heteroatoms. The molecule has 0 saturated heterocycles. The summed E-state index contributed by atoms with van der Waals surface area (Å²) in [6, 6.07) is 0. The SMILES string of the molecule is C=CC(=O)N(CCNC(=O)C(Cl)CC)C(C)=O. The number of halogens is 1. The average molecular weight is 261 g/mol. The Balaban J connectivity index is 4.16. The lowest BCUT2D eigenvalue weighted by Gasteiger charge is -2.17. The van der Waals surface area contributed by atoms with Gasteiger partial charge in [-0.1, -0.05) is 13.5 Å². The van der Waals surface area contributed by atoms with Crippen LogP contribution in [0.25, 0.3) is 0 Å². The molecule has 0 radical (unpaired) electrons. The van der Waals surface area contributed by atoms with Gasteiger partial charge in [0.15, 0.2) is 0 Å². The van der Waals surface area contributed by atoms with E-state index >= 15 is 0 Å². The van der Waals surface area contributed by atoms with Crippen molar-refractivity contribution in [1.82, 2.24) is 10.2 Å². The van der Waals surface area contributed by atoms with Crippen molar-refractivity contribution in [2.24, 2.45) is 0 Å². The highest BCUT2D eigenvalue weighted by Crippen LogP contribution is 2.00.